The number of halogens is 1. The molecule has 0 aliphatic carbocycles. The molecule has 1 aliphatic rings. The third-order valence-electron chi connectivity index (χ3n) is 7.35. The van der Waals surface area contributed by atoms with Crippen molar-refractivity contribution in [1.29, 1.82) is 0 Å². The van der Waals surface area contributed by atoms with Crippen LogP contribution < -0.4 is 5.73 Å². The summed E-state index contributed by atoms with van der Waals surface area (Å²) in [7, 11) is -4.58. The molecule has 1 aliphatic heterocycles. The highest BCUT2D eigenvalue weighted by Gasteiger charge is 2.53. The third-order valence-corrected chi connectivity index (χ3v) is 16.3. The first-order valence-corrected chi connectivity index (χ1v) is 17.1. The Morgan fingerprint density at radius 3 is 2.12 bits per heavy atom. The van der Waals surface area contributed by atoms with Gasteiger partial charge >= 0.3 is 0 Å². The summed E-state index contributed by atoms with van der Waals surface area (Å²) in [5.74, 6) is 0.395. The van der Waals surface area contributed by atoms with Crippen LogP contribution in [0.1, 0.15) is 47.8 Å². The van der Waals surface area contributed by atoms with Crippen molar-refractivity contribution in [2.75, 3.05) is 5.73 Å². The van der Waals surface area contributed by atoms with Crippen LogP contribution in [0.5, 0.6) is 0 Å². The van der Waals surface area contributed by atoms with E-state index in [0.29, 0.717) is 17.5 Å². The van der Waals surface area contributed by atoms with E-state index in [1.54, 1.807) is 10.9 Å². The molecule has 2 aromatic rings. The van der Waals surface area contributed by atoms with Crippen molar-refractivity contribution in [2.24, 2.45) is 0 Å². The predicted octanol–water partition coefficient (Wildman–Crippen LogP) is 5.53. The third kappa shape index (κ3) is 4.73. The largest absolute Gasteiger partial charge is 0.466 e. The van der Waals surface area contributed by atoms with Crippen molar-refractivity contribution in [3.63, 3.8) is 0 Å². The Balaban J connectivity index is 2.12. The van der Waals surface area contributed by atoms with Crippen molar-refractivity contribution in [3.8, 4) is 0 Å². The fraction of sp³-hybridized carbons (Fsp3) is 0.682. The van der Waals surface area contributed by atoms with Crippen LogP contribution in [-0.2, 0) is 13.6 Å². The van der Waals surface area contributed by atoms with E-state index in [2.05, 4.69) is 82.7 Å². The van der Waals surface area contributed by atoms with E-state index in [0.717, 1.165) is 0 Å². The minimum atomic E-state index is -2.29. The zero-order chi connectivity index (χ0) is 25.0. The molecule has 0 amide bonds. The van der Waals surface area contributed by atoms with Gasteiger partial charge in [-0.15, -0.1) is 0 Å². The van der Waals surface area contributed by atoms with Crippen LogP contribution in [0, 0.1) is 0 Å². The van der Waals surface area contributed by atoms with Crippen LogP contribution in [0.2, 0.25) is 36.3 Å². The summed E-state index contributed by atoms with van der Waals surface area (Å²) in [5, 5.41) is -0.137. The fourth-order valence-electron chi connectivity index (χ4n) is 3.20. The molecule has 3 atom stereocenters. The molecule has 1 fully saturated rings. The molecule has 0 bridgehead atoms. The van der Waals surface area contributed by atoms with E-state index in [4.69, 9.17) is 19.3 Å². The second-order valence-corrected chi connectivity index (χ2v) is 21.3. The number of rotatable bonds is 5. The highest BCUT2D eigenvalue weighted by Crippen LogP contribution is 2.47. The van der Waals surface area contributed by atoms with E-state index >= 15 is 0 Å². The first kappa shape index (κ1) is 25.8. The van der Waals surface area contributed by atoms with Gasteiger partial charge in [0.25, 0.3) is 0 Å². The minimum Gasteiger partial charge on any atom is -0.466 e. The predicted molar refractivity (Wildman–Crippen MR) is 133 cm³/mol. The Labute approximate surface area is 198 Å². The monoisotopic (exact) mass is 495 g/mol. The molecule has 3 rings (SSSR count). The number of imidazole rings is 1. The molecule has 0 spiro atoms. The average molecular weight is 496 g/mol. The Bertz CT molecular complexity index is 1040. The highest BCUT2D eigenvalue weighted by atomic mass is 28.4. The van der Waals surface area contributed by atoms with Crippen molar-refractivity contribution in [3.05, 3.63) is 24.7 Å². The van der Waals surface area contributed by atoms with Gasteiger partial charge in [0.05, 0.1) is 0 Å². The van der Waals surface area contributed by atoms with E-state index < -0.39 is 35.1 Å². The smallest absolute Gasteiger partial charge is 0.206 e. The lowest BCUT2D eigenvalue weighted by Gasteiger charge is -2.43. The van der Waals surface area contributed by atoms with E-state index in [-0.39, 0.29) is 21.7 Å². The summed E-state index contributed by atoms with van der Waals surface area (Å²) in [6.45, 7) is 21.6. The van der Waals surface area contributed by atoms with Gasteiger partial charge in [0.1, 0.15) is 36.7 Å². The van der Waals surface area contributed by atoms with Gasteiger partial charge < -0.3 is 19.3 Å². The summed E-state index contributed by atoms with van der Waals surface area (Å²) in [6, 6.07) is 0. The standard InChI is InChI=1S/C22H38FN5O3Si2/c1-21(2,3)32(7,8)30-16-14(11-23)29-20(17(16)31-33(9,10)22(4,5)6)28-13-27-15-18(24)25-12-26-19(15)28/h11-13,16-17,20H,1-10H3,(H2,24,25,26)/b14-11+/t16-,17-,20-/m1/s1. The second kappa shape index (κ2) is 8.44. The van der Waals surface area contributed by atoms with Gasteiger partial charge in [-0.3, -0.25) is 4.57 Å². The van der Waals surface area contributed by atoms with E-state index in [1.807, 2.05) is 0 Å². The Hall–Kier alpha value is -1.83. The second-order valence-electron chi connectivity index (χ2n) is 11.7. The fourth-order valence-corrected chi connectivity index (χ4v) is 5.71. The Morgan fingerprint density at radius 2 is 1.58 bits per heavy atom. The van der Waals surface area contributed by atoms with Crippen LogP contribution in [-0.4, -0.2) is 48.4 Å². The van der Waals surface area contributed by atoms with Gasteiger partial charge in [-0.25, -0.2) is 19.3 Å². The number of hydrogen-bond acceptors (Lipinski definition) is 7. The minimum absolute atomic E-state index is 0.0646. The molecular weight excluding hydrogens is 457 g/mol. The van der Waals surface area contributed by atoms with Crippen molar-refractivity contribution < 1.29 is 18.0 Å². The Kier molecular flexibility index (Phi) is 6.59. The number of nitrogens with two attached hydrogens (primary N) is 1. The van der Waals surface area contributed by atoms with E-state index in [1.165, 1.54) is 6.33 Å². The maximum atomic E-state index is 14.2. The summed E-state index contributed by atoms with van der Waals surface area (Å²) in [6.07, 6.45) is 1.47. The van der Waals surface area contributed by atoms with Crippen molar-refractivity contribution in [1.82, 2.24) is 19.5 Å². The number of hydrogen-bond donors (Lipinski definition) is 1. The van der Waals surface area contributed by atoms with E-state index in [9.17, 15) is 4.39 Å². The summed E-state index contributed by atoms with van der Waals surface area (Å²) >= 11 is 0. The van der Waals surface area contributed by atoms with Gasteiger partial charge in [-0.2, -0.15) is 0 Å². The SMILES string of the molecule is CC(C)(C)[Si](C)(C)O[C@@H]1[C@H](O[Si](C)(C)C(C)(C)C)/C(=C\F)O[C@H]1n1cnc2c(N)ncnc21. The topological polar surface area (TPSA) is 97.3 Å². The number of nitrogens with zero attached hydrogens (tertiary/aromatic N) is 4. The molecule has 2 aromatic heterocycles. The first-order chi connectivity index (χ1) is 15.0. The zero-order valence-electron chi connectivity index (χ0n) is 21.4. The number of fused-ring (bicyclic) bond motifs is 1. The van der Waals surface area contributed by atoms with Crippen LogP contribution in [0.3, 0.4) is 0 Å². The quantitative estimate of drug-likeness (QED) is 0.545. The highest BCUT2D eigenvalue weighted by molar-refractivity contribution is 6.74. The lowest BCUT2D eigenvalue weighted by molar-refractivity contribution is -0.00198. The molecule has 11 heteroatoms. The van der Waals surface area contributed by atoms with Gasteiger partial charge in [-0.05, 0) is 36.3 Å². The molecule has 2 N–H and O–H groups in total. The molecular formula is C22H38FN5O3Si2. The number of ether oxygens (including phenoxy) is 1. The summed E-state index contributed by atoms with van der Waals surface area (Å²) in [4.78, 5) is 12.7. The number of anilines is 1. The molecule has 8 nitrogen and oxygen atoms in total. The maximum absolute atomic E-state index is 14.2. The maximum Gasteiger partial charge on any atom is 0.206 e. The van der Waals surface area contributed by atoms with Crippen LogP contribution >= 0.6 is 0 Å². The molecule has 0 saturated carbocycles. The summed E-state index contributed by atoms with van der Waals surface area (Å²) in [5.41, 5.74) is 6.96. The number of aromatic nitrogens is 4. The molecule has 0 unspecified atom stereocenters. The normalized spacial score (nSPS) is 24.0. The zero-order valence-corrected chi connectivity index (χ0v) is 23.4. The van der Waals surface area contributed by atoms with Crippen LogP contribution in [0.25, 0.3) is 11.2 Å². The lowest BCUT2D eigenvalue weighted by atomic mass is 10.2. The van der Waals surface area contributed by atoms with Gasteiger partial charge in [0, 0.05) is 0 Å². The van der Waals surface area contributed by atoms with Gasteiger partial charge in [0.15, 0.2) is 33.9 Å². The Morgan fingerprint density at radius 1 is 1.00 bits per heavy atom. The molecule has 0 radical (unpaired) electrons. The van der Waals surface area contributed by atoms with Gasteiger partial charge in [0.2, 0.25) is 6.23 Å². The van der Waals surface area contributed by atoms with Crippen molar-refractivity contribution in [2.45, 2.75) is 96.2 Å². The first-order valence-electron chi connectivity index (χ1n) is 11.3. The van der Waals surface area contributed by atoms with Gasteiger partial charge in [-0.1, -0.05) is 41.5 Å². The number of nitrogen functional groups attached to an aromatic ring is 1. The van der Waals surface area contributed by atoms with Crippen LogP contribution in [0.4, 0.5) is 10.2 Å². The average Bonchev–Trinajstić information content (AvgIpc) is 3.22. The lowest BCUT2D eigenvalue weighted by Crippen LogP contribution is -2.52. The molecule has 3 heterocycles. The van der Waals surface area contributed by atoms with Crippen LogP contribution in [0.15, 0.2) is 24.7 Å². The van der Waals surface area contributed by atoms with Crippen molar-refractivity contribution >= 4 is 33.6 Å². The molecule has 1 saturated heterocycles. The molecule has 0 aromatic carbocycles. The molecule has 184 valence electrons. The summed E-state index contributed by atoms with van der Waals surface area (Å²) < 4.78 is 35.7. The molecule has 33 heavy (non-hydrogen) atoms.